The van der Waals surface area contributed by atoms with Crippen molar-refractivity contribution in [2.75, 3.05) is 5.75 Å². The van der Waals surface area contributed by atoms with E-state index in [1.807, 2.05) is 18.2 Å². The largest absolute Gasteiger partial charge is 0.461 e. The molecule has 0 atom stereocenters. The van der Waals surface area contributed by atoms with E-state index in [1.165, 1.54) is 18.0 Å². The number of benzene rings is 1. The lowest BCUT2D eigenvalue weighted by Crippen LogP contribution is -2.05. The summed E-state index contributed by atoms with van der Waals surface area (Å²) in [5, 5.41) is 9.52. The summed E-state index contributed by atoms with van der Waals surface area (Å²) in [5.74, 6) is 2.53. The minimum Gasteiger partial charge on any atom is -0.461 e. The van der Waals surface area contributed by atoms with Crippen LogP contribution in [0.25, 0.3) is 11.6 Å². The summed E-state index contributed by atoms with van der Waals surface area (Å²) in [7, 11) is 0. The van der Waals surface area contributed by atoms with E-state index in [4.69, 9.17) is 4.42 Å². The van der Waals surface area contributed by atoms with Gasteiger partial charge in [0.05, 0.1) is 6.26 Å². The highest BCUT2D eigenvalue weighted by Gasteiger charge is 2.15. The zero-order valence-electron chi connectivity index (χ0n) is 17.1. The average molecular weight is 423 g/mol. The SMILES string of the molecule is C=CN=CC(=C)CC=O.CCSc1nnc(-c2ccco2)n1CCc1ccccc1. The van der Waals surface area contributed by atoms with Gasteiger partial charge >= 0.3 is 0 Å². The maximum atomic E-state index is 9.83. The second-order valence-corrected chi connectivity index (χ2v) is 7.32. The molecule has 0 aliphatic heterocycles. The van der Waals surface area contributed by atoms with Crippen LogP contribution in [0.1, 0.15) is 18.9 Å². The highest BCUT2D eigenvalue weighted by molar-refractivity contribution is 7.99. The van der Waals surface area contributed by atoms with Gasteiger partial charge in [0.2, 0.25) is 0 Å². The Morgan fingerprint density at radius 2 is 2.03 bits per heavy atom. The Kier molecular flexibility index (Phi) is 10.1. The number of furan rings is 1. The van der Waals surface area contributed by atoms with Crippen LogP contribution in [-0.4, -0.2) is 33.0 Å². The van der Waals surface area contributed by atoms with Crippen molar-refractivity contribution in [3.05, 3.63) is 79.2 Å². The smallest absolute Gasteiger partial charge is 0.200 e. The first kappa shape index (κ1) is 23.1. The molecule has 0 aliphatic rings. The summed E-state index contributed by atoms with van der Waals surface area (Å²) >= 11 is 1.70. The molecule has 0 radical (unpaired) electrons. The molecule has 0 amide bonds. The lowest BCUT2D eigenvalue weighted by atomic mass is 10.1. The number of carbonyl (C=O) groups is 1. The molecule has 0 unspecified atom stereocenters. The Labute approximate surface area is 181 Å². The number of nitrogens with zero attached hydrogens (tertiary/aromatic N) is 4. The van der Waals surface area contributed by atoms with Crippen LogP contribution in [0.15, 0.2) is 88.2 Å². The predicted molar refractivity (Wildman–Crippen MR) is 123 cm³/mol. The van der Waals surface area contributed by atoms with Crippen molar-refractivity contribution in [3.8, 4) is 11.6 Å². The van der Waals surface area contributed by atoms with E-state index in [0.717, 1.165) is 41.7 Å². The zero-order valence-corrected chi connectivity index (χ0v) is 17.9. The van der Waals surface area contributed by atoms with E-state index in [2.05, 4.69) is 64.1 Å². The minimum atomic E-state index is 0.345. The van der Waals surface area contributed by atoms with Gasteiger partial charge in [-0.1, -0.05) is 62.2 Å². The quantitative estimate of drug-likeness (QED) is 0.254. The molecule has 0 N–H and O–H groups in total. The molecule has 2 aromatic heterocycles. The Balaban J connectivity index is 0.000000303. The van der Waals surface area contributed by atoms with Gasteiger partial charge in [0, 0.05) is 25.4 Å². The molecule has 2 heterocycles. The lowest BCUT2D eigenvalue weighted by Gasteiger charge is -2.08. The van der Waals surface area contributed by atoms with Crippen molar-refractivity contribution >= 4 is 24.3 Å². The van der Waals surface area contributed by atoms with Gasteiger partial charge in [-0.2, -0.15) is 0 Å². The monoisotopic (exact) mass is 422 g/mol. The van der Waals surface area contributed by atoms with E-state index in [-0.39, 0.29) is 0 Å². The van der Waals surface area contributed by atoms with Gasteiger partial charge < -0.3 is 9.21 Å². The van der Waals surface area contributed by atoms with Crippen LogP contribution in [0.4, 0.5) is 0 Å². The Bertz CT molecular complexity index is 947. The summed E-state index contributed by atoms with van der Waals surface area (Å²) < 4.78 is 7.61. The molecule has 3 rings (SSSR count). The standard InChI is InChI=1S/C16H17N3OS.C7H9NO/c1-2-21-16-18-17-15(14-9-6-12-20-14)19(16)11-10-13-7-4-3-5-8-13;1-3-8-6-7(2)4-5-9/h3-9,12H,2,10-11H2,1H3;3,5-6H,1-2,4H2. The van der Waals surface area contributed by atoms with Crippen molar-refractivity contribution in [1.82, 2.24) is 14.8 Å². The number of aldehydes is 1. The van der Waals surface area contributed by atoms with Gasteiger partial charge in [-0.15, -0.1) is 10.2 Å². The van der Waals surface area contributed by atoms with E-state index < -0.39 is 0 Å². The highest BCUT2D eigenvalue weighted by atomic mass is 32.2. The molecule has 0 saturated carbocycles. The first-order valence-electron chi connectivity index (χ1n) is 9.58. The molecule has 1 aromatic carbocycles. The van der Waals surface area contributed by atoms with Crippen molar-refractivity contribution in [1.29, 1.82) is 0 Å². The lowest BCUT2D eigenvalue weighted by molar-refractivity contribution is -0.107. The summed E-state index contributed by atoms with van der Waals surface area (Å²) in [6.45, 7) is 9.88. The fourth-order valence-corrected chi connectivity index (χ4v) is 3.21. The van der Waals surface area contributed by atoms with E-state index in [9.17, 15) is 4.79 Å². The maximum Gasteiger partial charge on any atom is 0.200 e. The number of allylic oxidation sites excluding steroid dienone is 1. The van der Waals surface area contributed by atoms with Gasteiger partial charge in [-0.25, -0.2) is 0 Å². The van der Waals surface area contributed by atoms with Gasteiger partial charge in [0.15, 0.2) is 16.7 Å². The molecule has 0 spiro atoms. The van der Waals surface area contributed by atoms with Crippen molar-refractivity contribution in [3.63, 3.8) is 0 Å². The number of thioether (sulfide) groups is 1. The van der Waals surface area contributed by atoms with E-state index >= 15 is 0 Å². The molecular formula is C23H26N4O2S. The second-order valence-electron chi connectivity index (χ2n) is 6.09. The van der Waals surface area contributed by atoms with Gasteiger partial charge in [-0.05, 0) is 35.4 Å². The number of aliphatic imine (C=N–C) groups is 1. The molecule has 3 aromatic rings. The fourth-order valence-electron chi connectivity index (χ4n) is 2.52. The van der Waals surface area contributed by atoms with Crippen LogP contribution in [0.5, 0.6) is 0 Å². The van der Waals surface area contributed by atoms with Gasteiger partial charge in [0.1, 0.15) is 6.29 Å². The number of aromatic nitrogens is 3. The summed E-state index contributed by atoms with van der Waals surface area (Å²) in [6.07, 6.45) is 6.66. The van der Waals surface area contributed by atoms with Crippen molar-refractivity contribution in [2.45, 2.75) is 31.5 Å². The Morgan fingerprint density at radius 1 is 1.23 bits per heavy atom. The van der Waals surface area contributed by atoms with E-state index in [0.29, 0.717) is 12.0 Å². The summed E-state index contributed by atoms with van der Waals surface area (Å²) in [5.41, 5.74) is 2.01. The summed E-state index contributed by atoms with van der Waals surface area (Å²) in [4.78, 5) is 13.5. The average Bonchev–Trinajstić information content (AvgIpc) is 3.42. The first-order valence-corrected chi connectivity index (χ1v) is 10.6. The number of carbonyl (C=O) groups excluding carboxylic acids is 1. The third-order valence-electron chi connectivity index (χ3n) is 3.91. The predicted octanol–water partition coefficient (Wildman–Crippen LogP) is 5.24. The van der Waals surface area contributed by atoms with Crippen LogP contribution < -0.4 is 0 Å². The number of rotatable bonds is 10. The number of hydrogen-bond acceptors (Lipinski definition) is 6. The van der Waals surface area contributed by atoms with Gasteiger partial charge in [0.25, 0.3) is 0 Å². The fraction of sp³-hybridized carbons (Fsp3) is 0.217. The first-order chi connectivity index (χ1) is 14.7. The topological polar surface area (TPSA) is 73.3 Å². The molecule has 156 valence electrons. The molecule has 6 nitrogen and oxygen atoms in total. The molecule has 0 aliphatic carbocycles. The number of aryl methyl sites for hydroxylation is 1. The molecular weight excluding hydrogens is 396 g/mol. The third-order valence-corrected chi connectivity index (χ3v) is 4.76. The normalized spacial score (nSPS) is 10.4. The van der Waals surface area contributed by atoms with Crippen LogP contribution in [0.3, 0.4) is 0 Å². The van der Waals surface area contributed by atoms with Gasteiger partial charge in [-0.3, -0.25) is 9.56 Å². The Morgan fingerprint density at radius 3 is 2.67 bits per heavy atom. The van der Waals surface area contributed by atoms with Crippen LogP contribution in [0, 0.1) is 0 Å². The molecule has 30 heavy (non-hydrogen) atoms. The zero-order chi connectivity index (χ0) is 21.6. The third kappa shape index (κ3) is 7.33. The van der Waals surface area contributed by atoms with Crippen LogP contribution in [-0.2, 0) is 17.8 Å². The molecule has 7 heteroatoms. The Hall–Kier alpha value is -3.19. The second kappa shape index (κ2) is 13.1. The minimum absolute atomic E-state index is 0.345. The van der Waals surface area contributed by atoms with E-state index in [1.54, 1.807) is 18.0 Å². The summed E-state index contributed by atoms with van der Waals surface area (Å²) in [6, 6.07) is 14.2. The molecule has 0 bridgehead atoms. The number of hydrogen-bond donors (Lipinski definition) is 0. The van der Waals surface area contributed by atoms with Crippen LogP contribution >= 0.6 is 11.8 Å². The highest BCUT2D eigenvalue weighted by Crippen LogP contribution is 2.24. The van der Waals surface area contributed by atoms with Crippen molar-refractivity contribution in [2.24, 2.45) is 4.99 Å². The maximum absolute atomic E-state index is 9.83. The molecule has 0 saturated heterocycles. The molecule has 0 fully saturated rings. The van der Waals surface area contributed by atoms with Crippen LogP contribution in [0.2, 0.25) is 0 Å². The van der Waals surface area contributed by atoms with Crippen molar-refractivity contribution < 1.29 is 9.21 Å².